The van der Waals surface area contributed by atoms with Gasteiger partial charge in [0.05, 0.1) is 14.2 Å². The van der Waals surface area contributed by atoms with Gasteiger partial charge in [-0.1, -0.05) is 36.4 Å². The van der Waals surface area contributed by atoms with Gasteiger partial charge < -0.3 is 14.6 Å². The van der Waals surface area contributed by atoms with E-state index in [9.17, 15) is 5.11 Å². The Morgan fingerprint density at radius 1 is 0.958 bits per heavy atom. The number of nitrogens with zero attached hydrogens (tertiary/aromatic N) is 1. The van der Waals surface area contributed by atoms with E-state index in [0.717, 1.165) is 36.7 Å². The second-order valence-electron chi connectivity index (χ2n) is 6.31. The van der Waals surface area contributed by atoms with E-state index in [4.69, 9.17) is 9.47 Å². The van der Waals surface area contributed by atoms with Crippen molar-refractivity contribution in [2.45, 2.75) is 12.5 Å². The maximum atomic E-state index is 9.90. The first-order valence-electron chi connectivity index (χ1n) is 8.34. The van der Waals surface area contributed by atoms with Gasteiger partial charge in [-0.25, -0.2) is 0 Å². The summed E-state index contributed by atoms with van der Waals surface area (Å²) in [7, 11) is 3.37. The Labute approximate surface area is 143 Å². The first-order valence-corrected chi connectivity index (χ1v) is 8.34. The van der Waals surface area contributed by atoms with Crippen molar-refractivity contribution in [1.29, 1.82) is 0 Å². The lowest BCUT2D eigenvalue weighted by molar-refractivity contribution is 0.212. The molecule has 1 aliphatic rings. The molecule has 2 aromatic rings. The molecule has 1 saturated heterocycles. The molecule has 0 aliphatic carbocycles. The van der Waals surface area contributed by atoms with Crippen LogP contribution in [0, 0.1) is 5.92 Å². The van der Waals surface area contributed by atoms with E-state index in [1.165, 1.54) is 5.56 Å². The largest absolute Gasteiger partial charge is 0.496 e. The summed E-state index contributed by atoms with van der Waals surface area (Å²) in [4.78, 5) is 2.40. The molecular formula is C20H25NO3. The van der Waals surface area contributed by atoms with Crippen LogP contribution < -0.4 is 9.47 Å². The van der Waals surface area contributed by atoms with Crippen LogP contribution >= 0.6 is 0 Å². The van der Waals surface area contributed by atoms with Gasteiger partial charge in [-0.15, -0.1) is 0 Å². The summed E-state index contributed by atoms with van der Waals surface area (Å²) in [6, 6.07) is 16.3. The number of rotatable bonds is 6. The summed E-state index contributed by atoms with van der Waals surface area (Å²) >= 11 is 0. The Hall–Kier alpha value is -2.04. The normalized spacial score (nSPS) is 21.0. The number of hydrogen-bond acceptors (Lipinski definition) is 4. The maximum absolute atomic E-state index is 9.90. The zero-order valence-corrected chi connectivity index (χ0v) is 14.3. The predicted octanol–water partition coefficient (Wildman–Crippen LogP) is 2.91. The highest BCUT2D eigenvalue weighted by molar-refractivity contribution is 5.48. The van der Waals surface area contributed by atoms with Gasteiger partial charge in [0.25, 0.3) is 0 Å². The van der Waals surface area contributed by atoms with Crippen LogP contribution in [-0.4, -0.2) is 43.9 Å². The number of aliphatic hydroxyl groups is 1. The predicted molar refractivity (Wildman–Crippen MR) is 94.6 cm³/mol. The number of hydrogen-bond donors (Lipinski definition) is 1. The van der Waals surface area contributed by atoms with Gasteiger partial charge in [-0.2, -0.15) is 0 Å². The number of aliphatic hydroxyl groups excluding tert-OH is 1. The minimum atomic E-state index is 0.164. The molecule has 1 aliphatic heterocycles. The monoisotopic (exact) mass is 327 g/mol. The van der Waals surface area contributed by atoms with Gasteiger partial charge in [-0.05, 0) is 17.7 Å². The summed E-state index contributed by atoms with van der Waals surface area (Å²) in [6.45, 7) is 2.82. The summed E-state index contributed by atoms with van der Waals surface area (Å²) in [5.74, 6) is 2.04. The number of ether oxygens (including phenoxy) is 2. The smallest absolute Gasteiger partial charge is 0.126 e. The summed E-state index contributed by atoms with van der Waals surface area (Å²) in [6.07, 6.45) is 0. The fraction of sp³-hybridized carbons (Fsp3) is 0.400. The van der Waals surface area contributed by atoms with Crippen LogP contribution in [0.3, 0.4) is 0 Å². The van der Waals surface area contributed by atoms with E-state index in [1.807, 2.05) is 24.3 Å². The van der Waals surface area contributed by atoms with Crippen molar-refractivity contribution in [2.75, 3.05) is 33.9 Å². The molecule has 2 atom stereocenters. The van der Waals surface area contributed by atoms with E-state index in [0.29, 0.717) is 0 Å². The van der Waals surface area contributed by atoms with Crippen LogP contribution in [0.2, 0.25) is 0 Å². The van der Waals surface area contributed by atoms with E-state index in [-0.39, 0.29) is 18.4 Å². The Kier molecular flexibility index (Phi) is 5.38. The van der Waals surface area contributed by atoms with Gasteiger partial charge in [0.15, 0.2) is 0 Å². The highest BCUT2D eigenvalue weighted by Crippen LogP contribution is 2.42. The van der Waals surface area contributed by atoms with Gasteiger partial charge in [-0.3, -0.25) is 4.90 Å². The SMILES string of the molecule is COc1cccc(OC)c1[C@@H]1CN(Cc2ccccc2)C[C@H]1CO. The fourth-order valence-electron chi connectivity index (χ4n) is 3.69. The molecule has 0 saturated carbocycles. The first-order chi connectivity index (χ1) is 11.8. The summed E-state index contributed by atoms with van der Waals surface area (Å²) in [5.41, 5.74) is 2.36. The third-order valence-corrected chi connectivity index (χ3v) is 4.84. The third kappa shape index (κ3) is 3.40. The number of methoxy groups -OCH3 is 2. The molecule has 24 heavy (non-hydrogen) atoms. The second kappa shape index (κ2) is 7.69. The molecule has 0 amide bonds. The van der Waals surface area contributed by atoms with E-state index >= 15 is 0 Å². The van der Waals surface area contributed by atoms with Crippen LogP contribution in [0.25, 0.3) is 0 Å². The lowest BCUT2D eigenvalue weighted by Gasteiger charge is -2.22. The molecule has 0 aromatic heterocycles. The third-order valence-electron chi connectivity index (χ3n) is 4.84. The average molecular weight is 327 g/mol. The van der Waals surface area contributed by atoms with Gasteiger partial charge >= 0.3 is 0 Å². The van der Waals surface area contributed by atoms with E-state index < -0.39 is 0 Å². The lowest BCUT2D eigenvalue weighted by atomic mass is 9.88. The van der Waals surface area contributed by atoms with Crippen LogP contribution in [0.1, 0.15) is 17.0 Å². The van der Waals surface area contributed by atoms with Gasteiger partial charge in [0.1, 0.15) is 11.5 Å². The maximum Gasteiger partial charge on any atom is 0.126 e. The molecule has 128 valence electrons. The van der Waals surface area contributed by atoms with Crippen molar-refractivity contribution in [3.8, 4) is 11.5 Å². The van der Waals surface area contributed by atoms with Crippen molar-refractivity contribution in [2.24, 2.45) is 5.92 Å². The average Bonchev–Trinajstić information content (AvgIpc) is 3.04. The quantitative estimate of drug-likeness (QED) is 0.886. The van der Waals surface area contributed by atoms with Crippen LogP contribution in [-0.2, 0) is 6.54 Å². The van der Waals surface area contributed by atoms with E-state index in [1.54, 1.807) is 14.2 Å². The topological polar surface area (TPSA) is 41.9 Å². The first kappa shape index (κ1) is 16.8. The van der Waals surface area contributed by atoms with Crippen LogP contribution in [0.15, 0.2) is 48.5 Å². The second-order valence-corrected chi connectivity index (χ2v) is 6.31. The van der Waals surface area contributed by atoms with Crippen molar-refractivity contribution in [3.63, 3.8) is 0 Å². The summed E-state index contributed by atoms with van der Waals surface area (Å²) in [5, 5.41) is 9.90. The van der Waals surface area contributed by atoms with Crippen molar-refractivity contribution in [3.05, 3.63) is 59.7 Å². The minimum absolute atomic E-state index is 0.164. The minimum Gasteiger partial charge on any atom is -0.496 e. The fourth-order valence-corrected chi connectivity index (χ4v) is 3.69. The molecular weight excluding hydrogens is 302 g/mol. The molecule has 2 aromatic carbocycles. The molecule has 4 nitrogen and oxygen atoms in total. The Morgan fingerprint density at radius 2 is 1.62 bits per heavy atom. The molecule has 4 heteroatoms. The molecule has 1 heterocycles. The van der Waals surface area contributed by atoms with Crippen LogP contribution in [0.4, 0.5) is 0 Å². The van der Waals surface area contributed by atoms with Crippen molar-refractivity contribution in [1.82, 2.24) is 4.90 Å². The van der Waals surface area contributed by atoms with Gasteiger partial charge in [0, 0.05) is 43.6 Å². The standard InChI is InChI=1S/C20H25NO3/c1-23-18-9-6-10-19(24-2)20(18)17-13-21(12-16(17)14-22)11-15-7-4-3-5-8-15/h3-10,16-17,22H,11-14H2,1-2H3/t16-,17+/m0/s1. The highest BCUT2D eigenvalue weighted by atomic mass is 16.5. The van der Waals surface area contributed by atoms with E-state index in [2.05, 4.69) is 29.2 Å². The lowest BCUT2D eigenvalue weighted by Crippen LogP contribution is -2.20. The Morgan fingerprint density at radius 3 is 2.21 bits per heavy atom. The zero-order chi connectivity index (χ0) is 16.9. The molecule has 3 rings (SSSR count). The summed E-state index contributed by atoms with van der Waals surface area (Å²) < 4.78 is 11.1. The van der Waals surface area contributed by atoms with Gasteiger partial charge in [0.2, 0.25) is 0 Å². The van der Waals surface area contributed by atoms with Crippen LogP contribution in [0.5, 0.6) is 11.5 Å². The molecule has 0 radical (unpaired) electrons. The molecule has 1 fully saturated rings. The Bertz CT molecular complexity index is 637. The number of benzene rings is 2. The Balaban J connectivity index is 1.85. The zero-order valence-electron chi connectivity index (χ0n) is 14.3. The molecule has 0 spiro atoms. The molecule has 0 unspecified atom stereocenters. The molecule has 0 bridgehead atoms. The highest BCUT2D eigenvalue weighted by Gasteiger charge is 2.36. The number of likely N-dealkylation sites (tertiary alicyclic amines) is 1. The molecule has 1 N–H and O–H groups in total. The van der Waals surface area contributed by atoms with Crippen molar-refractivity contribution >= 4 is 0 Å². The van der Waals surface area contributed by atoms with Crippen molar-refractivity contribution < 1.29 is 14.6 Å².